The third-order valence-electron chi connectivity index (χ3n) is 5.25. The zero-order valence-corrected chi connectivity index (χ0v) is 21.9. The van der Waals surface area contributed by atoms with Gasteiger partial charge in [0.25, 0.3) is 0 Å². The highest BCUT2D eigenvalue weighted by Crippen LogP contribution is 2.10. The van der Waals surface area contributed by atoms with Gasteiger partial charge in [-0.2, -0.15) is 0 Å². The van der Waals surface area contributed by atoms with Gasteiger partial charge in [0.15, 0.2) is 0 Å². The Morgan fingerprint density at radius 3 is 1.41 bits per heavy atom. The molecule has 5 nitrogen and oxygen atoms in total. The molecule has 1 amide bonds. The maximum atomic E-state index is 11.3. The second-order valence-electron chi connectivity index (χ2n) is 8.38. The molecule has 2 unspecified atom stereocenters. The number of carbonyl (C=O) groups is 1. The standard InChI is InChI=1S/C13H28N4O.2C8H10/c1-10(2)16-12(6-4-8-14)13(7-5-9-15)17-11(3)18;2*1-2-8-6-4-3-5-7-8/h12-13,16H,1,4-9,14-15H2,2-3H3,(H,17,18);2*3-7H,2H2,1H3. The summed E-state index contributed by atoms with van der Waals surface area (Å²) >= 11 is 0. The molecule has 5 heteroatoms. The van der Waals surface area contributed by atoms with Crippen LogP contribution < -0.4 is 22.1 Å². The van der Waals surface area contributed by atoms with Gasteiger partial charge in [0.1, 0.15) is 0 Å². The molecule has 0 saturated carbocycles. The summed E-state index contributed by atoms with van der Waals surface area (Å²) < 4.78 is 0. The van der Waals surface area contributed by atoms with Crippen LogP contribution in [0, 0.1) is 0 Å². The molecule has 0 radical (unpaired) electrons. The average molecular weight is 469 g/mol. The Kier molecular flexibility index (Phi) is 19.3. The first kappa shape index (κ1) is 31.4. The van der Waals surface area contributed by atoms with Crippen LogP contribution in [0.15, 0.2) is 72.9 Å². The van der Waals surface area contributed by atoms with E-state index in [1.165, 1.54) is 18.1 Å². The third kappa shape index (κ3) is 16.9. The molecule has 34 heavy (non-hydrogen) atoms. The molecule has 0 fully saturated rings. The van der Waals surface area contributed by atoms with Gasteiger partial charge in [0, 0.05) is 24.7 Å². The van der Waals surface area contributed by atoms with Gasteiger partial charge >= 0.3 is 0 Å². The predicted molar refractivity (Wildman–Crippen MR) is 148 cm³/mol. The number of rotatable bonds is 12. The van der Waals surface area contributed by atoms with Crippen LogP contribution in [-0.2, 0) is 17.6 Å². The number of carbonyl (C=O) groups excluding carboxylic acids is 1. The second kappa shape index (κ2) is 20.9. The highest BCUT2D eigenvalue weighted by molar-refractivity contribution is 5.73. The molecule has 0 aliphatic heterocycles. The van der Waals surface area contributed by atoms with Crippen LogP contribution in [0.3, 0.4) is 0 Å². The first-order valence-electron chi connectivity index (χ1n) is 12.5. The summed E-state index contributed by atoms with van der Waals surface area (Å²) in [6, 6.07) is 21.2. The van der Waals surface area contributed by atoms with Crippen LogP contribution >= 0.6 is 0 Å². The fourth-order valence-electron chi connectivity index (χ4n) is 3.43. The van der Waals surface area contributed by atoms with Gasteiger partial charge in [0.05, 0.1) is 0 Å². The largest absolute Gasteiger partial charge is 0.384 e. The topological polar surface area (TPSA) is 93.2 Å². The summed E-state index contributed by atoms with van der Waals surface area (Å²) in [5.41, 5.74) is 14.8. The van der Waals surface area contributed by atoms with Crippen molar-refractivity contribution < 1.29 is 4.79 Å². The van der Waals surface area contributed by atoms with Crippen LogP contribution in [0.1, 0.15) is 64.5 Å². The number of hydrogen-bond acceptors (Lipinski definition) is 4. The molecule has 2 aromatic rings. The Balaban J connectivity index is 0.000000554. The van der Waals surface area contributed by atoms with Crippen LogP contribution in [0.2, 0.25) is 0 Å². The van der Waals surface area contributed by atoms with E-state index in [1.807, 2.05) is 19.1 Å². The fourth-order valence-corrected chi connectivity index (χ4v) is 3.43. The van der Waals surface area contributed by atoms with Crippen molar-refractivity contribution in [2.75, 3.05) is 13.1 Å². The second-order valence-corrected chi connectivity index (χ2v) is 8.38. The van der Waals surface area contributed by atoms with E-state index in [1.54, 1.807) is 0 Å². The van der Waals surface area contributed by atoms with Crippen molar-refractivity contribution in [2.45, 2.75) is 78.3 Å². The van der Waals surface area contributed by atoms with E-state index in [9.17, 15) is 4.79 Å². The lowest BCUT2D eigenvalue weighted by atomic mass is 9.97. The highest BCUT2D eigenvalue weighted by atomic mass is 16.1. The lowest BCUT2D eigenvalue weighted by molar-refractivity contribution is -0.119. The third-order valence-corrected chi connectivity index (χ3v) is 5.25. The van der Waals surface area contributed by atoms with Crippen LogP contribution in [0.5, 0.6) is 0 Å². The van der Waals surface area contributed by atoms with Crippen molar-refractivity contribution in [1.82, 2.24) is 10.6 Å². The van der Waals surface area contributed by atoms with Gasteiger partial charge < -0.3 is 22.1 Å². The molecule has 0 aromatic heterocycles. The average Bonchev–Trinajstić information content (AvgIpc) is 2.85. The number of aryl methyl sites for hydroxylation is 2. The Morgan fingerprint density at radius 2 is 1.15 bits per heavy atom. The van der Waals surface area contributed by atoms with Crippen molar-refractivity contribution in [1.29, 1.82) is 0 Å². The predicted octanol–water partition coefficient (Wildman–Crippen LogP) is 4.96. The first-order valence-corrected chi connectivity index (χ1v) is 12.5. The number of nitrogens with two attached hydrogens (primary N) is 2. The molecule has 0 aliphatic carbocycles. The summed E-state index contributed by atoms with van der Waals surface area (Å²) in [5.74, 6) is -0.0155. The molecular weight excluding hydrogens is 420 g/mol. The number of amides is 1. The molecule has 2 rings (SSSR count). The number of allylic oxidation sites excluding steroid dienone is 1. The van der Waals surface area contributed by atoms with Gasteiger partial charge in [-0.1, -0.05) is 81.1 Å². The quantitative estimate of drug-likeness (QED) is 0.354. The van der Waals surface area contributed by atoms with E-state index in [0.29, 0.717) is 13.1 Å². The van der Waals surface area contributed by atoms with E-state index in [4.69, 9.17) is 11.5 Å². The maximum Gasteiger partial charge on any atom is 0.217 e. The molecule has 0 spiro atoms. The summed E-state index contributed by atoms with van der Waals surface area (Å²) in [6.07, 6.45) is 5.87. The van der Waals surface area contributed by atoms with Crippen molar-refractivity contribution in [2.24, 2.45) is 11.5 Å². The molecule has 2 atom stereocenters. The fraction of sp³-hybridized carbons (Fsp3) is 0.483. The van der Waals surface area contributed by atoms with E-state index in [-0.39, 0.29) is 18.0 Å². The zero-order chi connectivity index (χ0) is 25.6. The number of benzene rings is 2. The summed E-state index contributed by atoms with van der Waals surface area (Å²) in [4.78, 5) is 11.3. The smallest absolute Gasteiger partial charge is 0.217 e. The molecule has 190 valence electrons. The van der Waals surface area contributed by atoms with Gasteiger partial charge in [0.2, 0.25) is 5.91 Å². The SMILES string of the molecule is C=C(C)NC(CCCN)C(CCCN)NC(C)=O.CCc1ccccc1.CCc1ccccc1. The van der Waals surface area contributed by atoms with Gasteiger partial charge in [-0.15, -0.1) is 0 Å². The van der Waals surface area contributed by atoms with E-state index < -0.39 is 0 Å². The molecule has 0 heterocycles. The summed E-state index contributed by atoms with van der Waals surface area (Å²) in [5, 5.41) is 6.31. The maximum absolute atomic E-state index is 11.3. The lowest BCUT2D eigenvalue weighted by Crippen LogP contribution is -2.49. The summed E-state index contributed by atoms with van der Waals surface area (Å²) in [6.45, 7) is 12.9. The number of hydrogen-bond donors (Lipinski definition) is 4. The minimum absolute atomic E-state index is 0.0155. The highest BCUT2D eigenvalue weighted by Gasteiger charge is 2.21. The van der Waals surface area contributed by atoms with E-state index in [0.717, 1.165) is 44.2 Å². The first-order chi connectivity index (χ1) is 16.4. The minimum atomic E-state index is -0.0155. The molecule has 0 bridgehead atoms. The summed E-state index contributed by atoms with van der Waals surface area (Å²) in [7, 11) is 0. The number of nitrogens with one attached hydrogen (secondary N) is 2. The van der Waals surface area contributed by atoms with Crippen molar-refractivity contribution in [3.63, 3.8) is 0 Å². The Labute approximate surface area is 208 Å². The van der Waals surface area contributed by atoms with Crippen molar-refractivity contribution in [3.05, 3.63) is 84.1 Å². The monoisotopic (exact) mass is 468 g/mol. The molecule has 6 N–H and O–H groups in total. The molecule has 2 aromatic carbocycles. The van der Waals surface area contributed by atoms with E-state index >= 15 is 0 Å². The van der Waals surface area contributed by atoms with Crippen molar-refractivity contribution in [3.8, 4) is 0 Å². The minimum Gasteiger partial charge on any atom is -0.384 e. The van der Waals surface area contributed by atoms with Gasteiger partial charge in [-0.3, -0.25) is 4.79 Å². The Hall–Kier alpha value is -2.63. The molecular formula is C29H48N4O. The van der Waals surface area contributed by atoms with Gasteiger partial charge in [-0.05, 0) is 69.7 Å². The normalized spacial score (nSPS) is 11.6. The lowest BCUT2D eigenvalue weighted by Gasteiger charge is -2.29. The molecule has 0 aliphatic rings. The van der Waals surface area contributed by atoms with Crippen LogP contribution in [0.25, 0.3) is 0 Å². The Morgan fingerprint density at radius 1 is 0.765 bits per heavy atom. The van der Waals surface area contributed by atoms with E-state index in [2.05, 4.69) is 79.6 Å². The van der Waals surface area contributed by atoms with Crippen molar-refractivity contribution >= 4 is 5.91 Å². The van der Waals surface area contributed by atoms with Crippen LogP contribution in [-0.4, -0.2) is 31.1 Å². The van der Waals surface area contributed by atoms with Gasteiger partial charge in [-0.25, -0.2) is 0 Å². The Bertz CT molecular complexity index is 684. The molecule has 0 saturated heterocycles. The zero-order valence-electron chi connectivity index (χ0n) is 21.9. The van der Waals surface area contributed by atoms with Crippen LogP contribution in [0.4, 0.5) is 0 Å².